The van der Waals surface area contributed by atoms with Crippen LogP contribution in [0, 0.1) is 17.3 Å². The number of pyridine rings is 1. The van der Waals surface area contributed by atoms with Crippen molar-refractivity contribution in [3.8, 4) is 0 Å². The van der Waals surface area contributed by atoms with E-state index >= 15 is 0 Å². The van der Waals surface area contributed by atoms with Crippen LogP contribution in [0.3, 0.4) is 0 Å². The Morgan fingerprint density at radius 2 is 2.10 bits per heavy atom. The SMILES string of the molecule is CN(C)[C@@H]1CCC2=CC3=CC[C@]4(C)[C@@H](CCc5cccnc5)CC[C@H]4[C@@]34CC[C@]2(C1)O4. The van der Waals surface area contributed by atoms with Crippen molar-refractivity contribution in [2.24, 2.45) is 17.3 Å². The molecule has 31 heavy (non-hydrogen) atoms. The Morgan fingerprint density at radius 1 is 1.19 bits per heavy atom. The number of ether oxygens (including phenoxy) is 1. The van der Waals surface area contributed by atoms with E-state index < -0.39 is 0 Å². The van der Waals surface area contributed by atoms with Gasteiger partial charge in [-0.05, 0) is 118 Å². The van der Waals surface area contributed by atoms with Crippen LogP contribution in [0.15, 0.2) is 47.8 Å². The summed E-state index contributed by atoms with van der Waals surface area (Å²) in [6.45, 7) is 2.59. The highest BCUT2D eigenvalue weighted by Gasteiger charge is 2.66. The lowest BCUT2D eigenvalue weighted by atomic mass is 9.58. The second kappa shape index (κ2) is 7.02. The maximum atomic E-state index is 7.38. The van der Waals surface area contributed by atoms with Gasteiger partial charge in [-0.2, -0.15) is 0 Å². The van der Waals surface area contributed by atoms with Gasteiger partial charge in [-0.25, -0.2) is 0 Å². The molecule has 3 fully saturated rings. The fourth-order valence-electron chi connectivity index (χ4n) is 8.29. The van der Waals surface area contributed by atoms with E-state index in [4.69, 9.17) is 4.74 Å². The predicted molar refractivity (Wildman–Crippen MR) is 125 cm³/mol. The highest BCUT2D eigenvalue weighted by Crippen LogP contribution is 2.68. The molecule has 0 unspecified atom stereocenters. The first-order valence-electron chi connectivity index (χ1n) is 12.6. The van der Waals surface area contributed by atoms with Crippen molar-refractivity contribution in [3.05, 3.63) is 53.4 Å². The molecule has 3 heteroatoms. The molecule has 0 N–H and O–H groups in total. The largest absolute Gasteiger partial charge is 0.359 e. The van der Waals surface area contributed by atoms with Crippen LogP contribution in [0.25, 0.3) is 0 Å². The van der Waals surface area contributed by atoms with Crippen LogP contribution < -0.4 is 0 Å². The molecule has 3 heterocycles. The highest BCUT2D eigenvalue weighted by atomic mass is 16.5. The van der Waals surface area contributed by atoms with Crippen LogP contribution in [-0.4, -0.2) is 41.2 Å². The summed E-state index contributed by atoms with van der Waals surface area (Å²) < 4.78 is 7.38. The van der Waals surface area contributed by atoms with Gasteiger partial charge < -0.3 is 9.64 Å². The van der Waals surface area contributed by atoms with Gasteiger partial charge in [0.2, 0.25) is 0 Å². The summed E-state index contributed by atoms with van der Waals surface area (Å²) in [5.74, 6) is 1.46. The van der Waals surface area contributed by atoms with Crippen LogP contribution in [0.5, 0.6) is 0 Å². The summed E-state index contributed by atoms with van der Waals surface area (Å²) >= 11 is 0. The van der Waals surface area contributed by atoms with Gasteiger partial charge >= 0.3 is 0 Å². The second-order valence-electron chi connectivity index (χ2n) is 11.6. The zero-order chi connectivity index (χ0) is 21.3. The smallest absolute Gasteiger partial charge is 0.0974 e. The van der Waals surface area contributed by atoms with Crippen molar-refractivity contribution in [3.63, 3.8) is 0 Å². The molecule has 2 saturated carbocycles. The van der Waals surface area contributed by atoms with Gasteiger partial charge in [-0.15, -0.1) is 0 Å². The minimum absolute atomic E-state index is 0.00620. The second-order valence-corrected chi connectivity index (χ2v) is 11.6. The van der Waals surface area contributed by atoms with Gasteiger partial charge in [0.1, 0.15) is 0 Å². The van der Waals surface area contributed by atoms with E-state index in [-0.39, 0.29) is 11.2 Å². The first-order chi connectivity index (χ1) is 15.0. The number of allylic oxidation sites excluding steroid dienone is 1. The number of rotatable bonds is 4. The number of aryl methyl sites for hydroxylation is 1. The molecule has 0 aromatic carbocycles. The van der Waals surface area contributed by atoms with Gasteiger partial charge in [0, 0.05) is 18.4 Å². The summed E-state index contributed by atoms with van der Waals surface area (Å²) in [5.41, 5.74) is 4.94. The van der Waals surface area contributed by atoms with Crippen molar-refractivity contribution in [1.82, 2.24) is 9.88 Å². The third-order valence-electron chi connectivity index (χ3n) is 10.1. The number of fused-ring (bicyclic) bond motifs is 1. The van der Waals surface area contributed by atoms with E-state index in [1.165, 1.54) is 63.4 Å². The van der Waals surface area contributed by atoms with E-state index in [1.807, 2.05) is 12.4 Å². The fraction of sp³-hybridized carbons (Fsp3) is 0.679. The average molecular weight is 419 g/mol. The first-order valence-corrected chi connectivity index (χ1v) is 12.6. The minimum atomic E-state index is -0.00620. The molecule has 2 bridgehead atoms. The monoisotopic (exact) mass is 418 g/mol. The van der Waals surface area contributed by atoms with Crippen molar-refractivity contribution in [2.45, 2.75) is 88.4 Å². The Hall–Kier alpha value is -1.45. The van der Waals surface area contributed by atoms with Gasteiger partial charge in [-0.1, -0.05) is 25.1 Å². The zero-order valence-corrected chi connectivity index (χ0v) is 19.6. The number of hydrogen-bond acceptors (Lipinski definition) is 3. The van der Waals surface area contributed by atoms with Gasteiger partial charge in [0.15, 0.2) is 0 Å². The van der Waals surface area contributed by atoms with Crippen molar-refractivity contribution < 1.29 is 4.74 Å². The molecular weight excluding hydrogens is 380 g/mol. The standard InChI is InChI=1S/C28H38N2O/c1-26-13-12-23-17-22-8-10-24(30(2)3)18-27(22)14-15-28(23,31-27)25(26)11-9-21(26)7-6-20-5-4-16-29-19-20/h4-5,12,16-17,19,21,24-25H,6-11,13-15,18H2,1-3H3/t21-,24+,25+,26+,27+,28+/m0/s1. The molecule has 2 spiro atoms. The molecule has 0 amide bonds. The van der Waals surface area contributed by atoms with Gasteiger partial charge in [0.25, 0.3) is 0 Å². The zero-order valence-electron chi connectivity index (χ0n) is 19.6. The molecule has 3 aliphatic carbocycles. The van der Waals surface area contributed by atoms with Gasteiger partial charge in [-0.3, -0.25) is 4.98 Å². The molecule has 3 nitrogen and oxygen atoms in total. The van der Waals surface area contributed by atoms with Crippen LogP contribution in [0.1, 0.15) is 70.3 Å². The highest BCUT2D eigenvalue weighted by molar-refractivity contribution is 5.47. The Balaban J connectivity index is 1.29. The minimum Gasteiger partial charge on any atom is -0.359 e. The van der Waals surface area contributed by atoms with E-state index in [0.717, 1.165) is 12.3 Å². The Morgan fingerprint density at radius 3 is 2.90 bits per heavy atom. The van der Waals surface area contributed by atoms with Crippen LogP contribution in [0.2, 0.25) is 0 Å². The van der Waals surface area contributed by atoms with E-state index in [0.29, 0.717) is 17.4 Å². The molecular formula is C28H38N2O. The molecule has 1 aromatic heterocycles. The quantitative estimate of drug-likeness (QED) is 0.625. The van der Waals surface area contributed by atoms with Crippen molar-refractivity contribution in [1.29, 1.82) is 0 Å². The van der Waals surface area contributed by atoms with E-state index in [1.54, 1.807) is 11.1 Å². The molecule has 1 aromatic rings. The fourth-order valence-corrected chi connectivity index (χ4v) is 8.29. The maximum absolute atomic E-state index is 7.38. The molecule has 166 valence electrons. The first kappa shape index (κ1) is 20.2. The summed E-state index contributed by atoms with van der Waals surface area (Å²) in [4.78, 5) is 6.76. The summed E-state index contributed by atoms with van der Waals surface area (Å²) in [5, 5.41) is 0. The van der Waals surface area contributed by atoms with Crippen LogP contribution in [0.4, 0.5) is 0 Å². The molecule has 6 rings (SSSR count). The third kappa shape index (κ3) is 2.88. The van der Waals surface area contributed by atoms with Crippen LogP contribution in [-0.2, 0) is 11.2 Å². The van der Waals surface area contributed by atoms with Crippen molar-refractivity contribution in [2.75, 3.05) is 14.1 Å². The lowest BCUT2D eigenvalue weighted by Gasteiger charge is -2.54. The molecule has 2 aliphatic heterocycles. The maximum Gasteiger partial charge on any atom is 0.0974 e. The summed E-state index contributed by atoms with van der Waals surface area (Å²) in [6, 6.07) is 4.97. The van der Waals surface area contributed by atoms with Crippen molar-refractivity contribution >= 4 is 0 Å². The molecule has 1 saturated heterocycles. The Kier molecular flexibility index (Phi) is 4.57. The number of aromatic nitrogens is 1. The normalized spacial score (nSPS) is 43.2. The topological polar surface area (TPSA) is 25.4 Å². The van der Waals surface area contributed by atoms with Gasteiger partial charge in [0.05, 0.1) is 11.2 Å². The lowest BCUT2D eigenvalue weighted by Crippen LogP contribution is -2.55. The molecule has 0 radical (unpaired) electrons. The van der Waals surface area contributed by atoms with E-state index in [2.05, 4.69) is 55.2 Å². The number of nitrogens with zero attached hydrogens (tertiary/aromatic N) is 2. The van der Waals surface area contributed by atoms with Crippen LogP contribution >= 0.6 is 0 Å². The Labute approximate surface area is 188 Å². The third-order valence-corrected chi connectivity index (χ3v) is 10.1. The molecule has 5 aliphatic rings. The lowest BCUT2D eigenvalue weighted by molar-refractivity contribution is -0.142. The average Bonchev–Trinajstić information content (AvgIpc) is 3.27. The Bertz CT molecular complexity index is 920. The summed E-state index contributed by atoms with van der Waals surface area (Å²) in [6.07, 6.45) is 21.7. The predicted octanol–water partition coefficient (Wildman–Crippen LogP) is 5.72. The summed E-state index contributed by atoms with van der Waals surface area (Å²) in [7, 11) is 4.49. The van der Waals surface area contributed by atoms with E-state index in [9.17, 15) is 0 Å². The molecule has 6 atom stereocenters. The number of hydrogen-bond donors (Lipinski definition) is 0.